The van der Waals surface area contributed by atoms with Crippen molar-refractivity contribution in [2.45, 2.75) is 18.4 Å². The first-order valence-electron chi connectivity index (χ1n) is 8.79. The van der Waals surface area contributed by atoms with Crippen LogP contribution in [0, 0.1) is 5.92 Å². The number of hydrogen-bond acceptors (Lipinski definition) is 6. The molecule has 0 spiro atoms. The molecule has 3 aromatic rings. The molecule has 1 fully saturated rings. The monoisotopic (exact) mass is 369 g/mol. The van der Waals surface area contributed by atoms with Gasteiger partial charge in [0.05, 0.1) is 11.6 Å². The molecule has 0 amide bonds. The number of benzene rings is 1. The van der Waals surface area contributed by atoms with Crippen molar-refractivity contribution in [1.82, 2.24) is 19.9 Å². The van der Waals surface area contributed by atoms with Gasteiger partial charge in [0.25, 0.3) is 0 Å². The van der Waals surface area contributed by atoms with Crippen molar-refractivity contribution in [2.24, 2.45) is 5.92 Å². The summed E-state index contributed by atoms with van der Waals surface area (Å²) < 4.78 is 0. The number of nitrogens with two attached hydrogens (primary N) is 1. The Bertz CT molecular complexity index is 869. The summed E-state index contributed by atoms with van der Waals surface area (Å²) in [7, 11) is 0. The predicted octanol–water partition coefficient (Wildman–Crippen LogP) is 2.27. The van der Waals surface area contributed by atoms with Crippen LogP contribution in [0.1, 0.15) is 11.1 Å². The summed E-state index contributed by atoms with van der Waals surface area (Å²) in [4.78, 5) is 13.8. The zero-order valence-electron chi connectivity index (χ0n) is 14.5. The second kappa shape index (κ2) is 7.65. The van der Waals surface area contributed by atoms with Gasteiger partial charge in [-0.25, -0.2) is 9.97 Å². The summed E-state index contributed by atoms with van der Waals surface area (Å²) in [6.45, 7) is 2.35. The molecule has 3 heterocycles. The van der Waals surface area contributed by atoms with Crippen molar-refractivity contribution in [3.63, 3.8) is 0 Å². The highest BCUT2D eigenvalue weighted by Crippen LogP contribution is 2.27. The fraction of sp³-hybridized carbons (Fsp3) is 0.368. The molecule has 2 atom stereocenters. The Morgan fingerprint density at radius 3 is 2.92 bits per heavy atom. The number of thioether (sulfide) groups is 1. The molecule has 1 saturated heterocycles. The van der Waals surface area contributed by atoms with Gasteiger partial charge in [0.2, 0.25) is 0 Å². The molecule has 136 valence electrons. The van der Waals surface area contributed by atoms with Gasteiger partial charge >= 0.3 is 0 Å². The lowest BCUT2D eigenvalue weighted by Crippen LogP contribution is -2.21. The van der Waals surface area contributed by atoms with Gasteiger partial charge in [0.1, 0.15) is 11.8 Å². The van der Waals surface area contributed by atoms with Crippen LogP contribution in [0.25, 0.3) is 11.0 Å². The van der Waals surface area contributed by atoms with Gasteiger partial charge in [-0.2, -0.15) is 11.8 Å². The lowest BCUT2D eigenvalue weighted by molar-refractivity contribution is 0.149. The van der Waals surface area contributed by atoms with Crippen molar-refractivity contribution < 1.29 is 5.11 Å². The Labute approximate surface area is 156 Å². The first-order valence-corrected chi connectivity index (χ1v) is 9.94. The van der Waals surface area contributed by atoms with Crippen molar-refractivity contribution in [3.8, 4) is 0 Å². The fourth-order valence-electron chi connectivity index (χ4n) is 3.51. The van der Waals surface area contributed by atoms with Crippen molar-refractivity contribution >= 4 is 28.6 Å². The maximum Gasteiger partial charge on any atom is 0.151 e. The van der Waals surface area contributed by atoms with E-state index in [1.807, 2.05) is 24.0 Å². The molecule has 1 aliphatic heterocycles. The van der Waals surface area contributed by atoms with Crippen LogP contribution < -0.4 is 5.73 Å². The fourth-order valence-corrected chi connectivity index (χ4v) is 4.69. The molecule has 0 bridgehead atoms. The van der Waals surface area contributed by atoms with E-state index in [4.69, 9.17) is 5.73 Å². The summed E-state index contributed by atoms with van der Waals surface area (Å²) in [5, 5.41) is 10.4. The Morgan fingerprint density at radius 2 is 2.08 bits per heavy atom. The smallest absolute Gasteiger partial charge is 0.151 e. The Balaban J connectivity index is 1.34. The first kappa shape index (κ1) is 17.3. The number of nitrogens with one attached hydrogen (secondary N) is 1. The molecular formula is C19H23N5OS. The number of aliphatic hydroxyl groups is 1. The molecule has 0 saturated carbocycles. The normalized spacial score (nSPS) is 20.8. The van der Waals surface area contributed by atoms with Crippen molar-refractivity contribution in [2.75, 3.05) is 24.6 Å². The van der Waals surface area contributed by atoms with Gasteiger partial charge in [0, 0.05) is 48.8 Å². The lowest BCUT2D eigenvalue weighted by Gasteiger charge is -2.15. The van der Waals surface area contributed by atoms with E-state index in [0.717, 1.165) is 41.2 Å². The predicted molar refractivity (Wildman–Crippen MR) is 106 cm³/mol. The van der Waals surface area contributed by atoms with Crippen molar-refractivity contribution in [1.29, 1.82) is 0 Å². The van der Waals surface area contributed by atoms with Crippen LogP contribution in [0.4, 0.5) is 5.82 Å². The van der Waals surface area contributed by atoms with Gasteiger partial charge in [-0.05, 0) is 5.56 Å². The minimum absolute atomic E-state index is 0.275. The first-order chi connectivity index (χ1) is 12.7. The molecule has 1 aromatic carbocycles. The molecule has 0 aliphatic carbocycles. The zero-order valence-corrected chi connectivity index (χ0v) is 15.3. The van der Waals surface area contributed by atoms with Crippen LogP contribution in [0.15, 0.2) is 42.9 Å². The lowest BCUT2D eigenvalue weighted by atomic mass is 10.1. The van der Waals surface area contributed by atoms with E-state index < -0.39 is 0 Å². The molecule has 7 heteroatoms. The molecule has 1 unspecified atom stereocenters. The maximum absolute atomic E-state index is 10.4. The molecule has 6 nitrogen and oxygen atoms in total. The van der Waals surface area contributed by atoms with Gasteiger partial charge < -0.3 is 15.8 Å². The van der Waals surface area contributed by atoms with E-state index in [-0.39, 0.29) is 6.10 Å². The molecule has 4 rings (SSSR count). The molecule has 1 aliphatic rings. The van der Waals surface area contributed by atoms with Gasteiger partial charge in [-0.3, -0.25) is 4.90 Å². The quantitative estimate of drug-likeness (QED) is 0.617. The summed E-state index contributed by atoms with van der Waals surface area (Å²) in [6.07, 6.45) is 3.17. The number of anilines is 1. The van der Waals surface area contributed by atoms with E-state index in [0.29, 0.717) is 18.3 Å². The SMILES string of the molecule is Nc1ncnc2c(CN3CC(CSCc4ccccc4)[C@H](O)C3)c[nH]c12. The molecule has 0 radical (unpaired) electrons. The topological polar surface area (TPSA) is 91.1 Å². The van der Waals surface area contributed by atoms with Crippen LogP contribution in [0.5, 0.6) is 0 Å². The van der Waals surface area contributed by atoms with E-state index in [9.17, 15) is 5.11 Å². The average molecular weight is 369 g/mol. The molecule has 26 heavy (non-hydrogen) atoms. The summed E-state index contributed by atoms with van der Waals surface area (Å²) in [5.74, 6) is 2.73. The Kier molecular flexibility index (Phi) is 5.10. The van der Waals surface area contributed by atoms with Gasteiger partial charge in [-0.1, -0.05) is 30.3 Å². The van der Waals surface area contributed by atoms with Gasteiger partial charge in [0.15, 0.2) is 5.82 Å². The molecule has 2 aromatic heterocycles. The van der Waals surface area contributed by atoms with E-state index in [2.05, 4.69) is 44.1 Å². The number of aromatic nitrogens is 3. The Hall–Kier alpha value is -2.09. The highest BCUT2D eigenvalue weighted by Gasteiger charge is 2.31. The summed E-state index contributed by atoms with van der Waals surface area (Å²) in [5.41, 5.74) is 9.97. The highest BCUT2D eigenvalue weighted by molar-refractivity contribution is 7.98. The number of likely N-dealkylation sites (tertiary alicyclic amines) is 1. The van der Waals surface area contributed by atoms with Crippen LogP contribution in [0.3, 0.4) is 0 Å². The highest BCUT2D eigenvalue weighted by atomic mass is 32.2. The number of fused-ring (bicyclic) bond motifs is 1. The summed E-state index contributed by atoms with van der Waals surface area (Å²) >= 11 is 1.89. The third-order valence-electron chi connectivity index (χ3n) is 4.89. The number of nitrogens with zero attached hydrogens (tertiary/aromatic N) is 3. The number of rotatable bonds is 6. The average Bonchev–Trinajstić information content (AvgIpc) is 3.21. The van der Waals surface area contributed by atoms with Crippen LogP contribution in [-0.2, 0) is 12.3 Å². The van der Waals surface area contributed by atoms with Crippen LogP contribution >= 0.6 is 11.8 Å². The van der Waals surface area contributed by atoms with Crippen molar-refractivity contribution in [3.05, 3.63) is 54.0 Å². The third kappa shape index (κ3) is 3.70. The number of aliphatic hydroxyl groups excluding tert-OH is 1. The minimum atomic E-state index is -0.275. The van der Waals surface area contributed by atoms with E-state index in [1.54, 1.807) is 0 Å². The number of H-pyrrole nitrogens is 1. The number of nitrogen functional groups attached to an aromatic ring is 1. The standard InChI is InChI=1S/C19H23N5OS/c20-19-18-17(22-12-23-19)14(6-21-18)7-24-8-15(16(25)9-24)11-26-10-13-4-2-1-3-5-13/h1-6,12,15-16,21,25H,7-11H2,(H2,20,22,23)/t15?,16-/m1/s1. The molecule has 4 N–H and O–H groups in total. The Morgan fingerprint density at radius 1 is 1.23 bits per heavy atom. The van der Waals surface area contributed by atoms with Crippen LogP contribution in [0.2, 0.25) is 0 Å². The zero-order chi connectivity index (χ0) is 17.9. The number of β-amino-alcohol motifs (C(OH)–C–C–N with tert-alkyl or cyclic N) is 1. The number of aromatic amines is 1. The second-order valence-corrected chi connectivity index (χ2v) is 7.85. The van der Waals surface area contributed by atoms with E-state index >= 15 is 0 Å². The summed E-state index contributed by atoms with van der Waals surface area (Å²) in [6, 6.07) is 10.5. The number of hydrogen-bond donors (Lipinski definition) is 3. The third-order valence-corrected chi connectivity index (χ3v) is 6.09. The largest absolute Gasteiger partial charge is 0.391 e. The maximum atomic E-state index is 10.4. The van der Waals surface area contributed by atoms with Crippen LogP contribution in [-0.4, -0.2) is 49.9 Å². The van der Waals surface area contributed by atoms with Gasteiger partial charge in [-0.15, -0.1) is 0 Å². The second-order valence-electron chi connectivity index (χ2n) is 6.82. The van der Waals surface area contributed by atoms with E-state index in [1.165, 1.54) is 11.9 Å². The molecular weight excluding hydrogens is 346 g/mol. The minimum Gasteiger partial charge on any atom is -0.391 e.